The van der Waals surface area contributed by atoms with Gasteiger partial charge in [0, 0.05) is 6.92 Å². The lowest BCUT2D eigenvalue weighted by Crippen LogP contribution is -2.19. The molecule has 0 atom stereocenters. The summed E-state index contributed by atoms with van der Waals surface area (Å²) in [4.78, 5) is 21.4. The van der Waals surface area contributed by atoms with Gasteiger partial charge in [-0.05, 0) is 47.7 Å². The molecule has 0 radical (unpaired) electrons. The second-order valence-corrected chi connectivity index (χ2v) is 6.83. The molecule has 3 aromatic rings. The van der Waals surface area contributed by atoms with Crippen molar-refractivity contribution in [2.45, 2.75) is 6.92 Å². The fourth-order valence-corrected chi connectivity index (χ4v) is 3.44. The first kappa shape index (κ1) is 15.9. The lowest BCUT2D eigenvalue weighted by molar-refractivity contribution is -0.115. The fraction of sp³-hybridized carbons (Fsp3) is 0.0556. The molecule has 7 heteroatoms. The van der Waals surface area contributed by atoms with Crippen LogP contribution in [-0.4, -0.2) is 16.1 Å². The lowest BCUT2D eigenvalue weighted by Gasteiger charge is -1.98. The Bertz CT molecular complexity index is 1060. The summed E-state index contributed by atoms with van der Waals surface area (Å²) in [6, 6.07) is 12.9. The van der Waals surface area contributed by atoms with Crippen molar-refractivity contribution in [1.82, 2.24) is 10.3 Å². The third-order valence-corrected chi connectivity index (χ3v) is 4.77. The number of carbonyl (C=O) groups excluding carboxylic acids is 1. The maximum atomic E-state index is 12.2. The van der Waals surface area contributed by atoms with E-state index in [9.17, 15) is 4.79 Å². The van der Waals surface area contributed by atoms with Crippen LogP contribution in [0.5, 0.6) is 0 Å². The molecule has 1 amide bonds. The molecule has 1 aromatic heterocycles. The van der Waals surface area contributed by atoms with Gasteiger partial charge in [-0.3, -0.25) is 4.79 Å². The van der Waals surface area contributed by atoms with Crippen molar-refractivity contribution >= 4 is 57.3 Å². The predicted molar refractivity (Wildman–Crippen MR) is 101 cm³/mol. The van der Waals surface area contributed by atoms with E-state index in [1.54, 1.807) is 25.1 Å². The molecule has 5 nitrogen and oxygen atoms in total. The zero-order valence-electron chi connectivity index (χ0n) is 13.1. The Kier molecular flexibility index (Phi) is 4.07. The van der Waals surface area contributed by atoms with E-state index in [1.165, 1.54) is 11.8 Å². The number of nitrogens with zero attached hydrogens (tertiary/aromatic N) is 2. The Morgan fingerprint density at radius 1 is 1.28 bits per heavy atom. The highest BCUT2D eigenvalue weighted by Crippen LogP contribution is 2.31. The van der Waals surface area contributed by atoms with Gasteiger partial charge in [0.2, 0.25) is 0 Å². The van der Waals surface area contributed by atoms with Gasteiger partial charge in [0.25, 0.3) is 5.91 Å². The van der Waals surface area contributed by atoms with Crippen molar-refractivity contribution in [2.24, 2.45) is 4.99 Å². The second kappa shape index (κ2) is 6.38. The average molecular weight is 370 g/mol. The number of nitrogens with one attached hydrogen (secondary N) is 1. The summed E-state index contributed by atoms with van der Waals surface area (Å²) in [5.41, 5.74) is 2.97. The minimum atomic E-state index is -0.190. The molecule has 1 N–H and O–H groups in total. The number of halogens is 1. The molecule has 0 spiro atoms. The van der Waals surface area contributed by atoms with Crippen LogP contribution in [0.25, 0.3) is 17.2 Å². The highest BCUT2D eigenvalue weighted by molar-refractivity contribution is 8.18. The normalized spacial score (nSPS) is 17.6. The van der Waals surface area contributed by atoms with Crippen molar-refractivity contribution in [3.05, 3.63) is 63.8 Å². The molecule has 2 heterocycles. The van der Waals surface area contributed by atoms with Crippen LogP contribution in [0.1, 0.15) is 11.5 Å². The SMILES string of the molecule is Cc1nc2ccc(/C=C3/SC(=Nc4ccccc4Cl)NC3=O)cc2o1. The summed E-state index contributed by atoms with van der Waals surface area (Å²) in [6.07, 6.45) is 1.80. The molecular weight excluding hydrogens is 358 g/mol. The molecule has 25 heavy (non-hydrogen) atoms. The Hall–Kier alpha value is -2.57. The first-order valence-corrected chi connectivity index (χ1v) is 8.69. The van der Waals surface area contributed by atoms with Gasteiger partial charge in [0.15, 0.2) is 16.6 Å². The van der Waals surface area contributed by atoms with E-state index < -0.39 is 0 Å². The third kappa shape index (κ3) is 3.31. The van der Waals surface area contributed by atoms with Gasteiger partial charge in [0.1, 0.15) is 5.52 Å². The lowest BCUT2D eigenvalue weighted by atomic mass is 10.2. The molecule has 1 saturated heterocycles. The Morgan fingerprint density at radius 3 is 2.96 bits per heavy atom. The van der Waals surface area contributed by atoms with Crippen LogP contribution in [0.15, 0.2) is 56.8 Å². The predicted octanol–water partition coefficient (Wildman–Crippen LogP) is 4.68. The first-order chi connectivity index (χ1) is 12.1. The minimum Gasteiger partial charge on any atom is -0.441 e. The number of fused-ring (bicyclic) bond motifs is 1. The zero-order chi connectivity index (χ0) is 17.4. The van der Waals surface area contributed by atoms with E-state index in [-0.39, 0.29) is 5.91 Å². The topological polar surface area (TPSA) is 67.5 Å². The summed E-state index contributed by atoms with van der Waals surface area (Å²) in [7, 11) is 0. The van der Waals surface area contributed by atoms with Gasteiger partial charge < -0.3 is 9.73 Å². The van der Waals surface area contributed by atoms with Crippen LogP contribution < -0.4 is 5.32 Å². The molecule has 0 bridgehead atoms. The number of hydrogen-bond acceptors (Lipinski definition) is 5. The number of hydrogen-bond donors (Lipinski definition) is 1. The monoisotopic (exact) mass is 369 g/mol. The third-order valence-electron chi connectivity index (χ3n) is 3.54. The maximum Gasteiger partial charge on any atom is 0.264 e. The number of rotatable bonds is 2. The fourth-order valence-electron chi connectivity index (χ4n) is 2.43. The van der Waals surface area contributed by atoms with E-state index in [4.69, 9.17) is 16.0 Å². The molecule has 4 rings (SSSR count). The van der Waals surface area contributed by atoms with Crippen molar-refractivity contribution in [3.8, 4) is 0 Å². The van der Waals surface area contributed by atoms with Crippen LogP contribution in [0.4, 0.5) is 5.69 Å². The zero-order valence-corrected chi connectivity index (χ0v) is 14.7. The van der Waals surface area contributed by atoms with Crippen molar-refractivity contribution in [3.63, 3.8) is 0 Å². The van der Waals surface area contributed by atoms with Gasteiger partial charge in [-0.15, -0.1) is 0 Å². The molecule has 1 aliphatic rings. The highest BCUT2D eigenvalue weighted by atomic mass is 35.5. The Morgan fingerprint density at radius 2 is 2.12 bits per heavy atom. The number of oxazole rings is 1. The van der Waals surface area contributed by atoms with E-state index in [1.807, 2.05) is 30.3 Å². The number of aryl methyl sites for hydroxylation is 1. The van der Waals surface area contributed by atoms with E-state index >= 15 is 0 Å². The molecule has 2 aromatic carbocycles. The van der Waals surface area contributed by atoms with Crippen molar-refractivity contribution < 1.29 is 9.21 Å². The molecule has 0 saturated carbocycles. The average Bonchev–Trinajstić information content (AvgIpc) is 3.11. The Balaban J connectivity index is 1.63. The Labute approximate surface area is 152 Å². The second-order valence-electron chi connectivity index (χ2n) is 5.39. The molecule has 124 valence electrons. The van der Waals surface area contributed by atoms with E-state index in [0.29, 0.717) is 32.3 Å². The number of thioether (sulfide) groups is 1. The number of carbonyl (C=O) groups is 1. The van der Waals surface area contributed by atoms with Crippen LogP contribution in [0.2, 0.25) is 5.02 Å². The van der Waals surface area contributed by atoms with E-state index in [2.05, 4.69) is 15.3 Å². The largest absolute Gasteiger partial charge is 0.441 e. The summed E-state index contributed by atoms with van der Waals surface area (Å²) in [6.45, 7) is 1.80. The minimum absolute atomic E-state index is 0.190. The quantitative estimate of drug-likeness (QED) is 0.666. The summed E-state index contributed by atoms with van der Waals surface area (Å²) >= 11 is 7.38. The molecular formula is C18H12ClN3O2S. The molecule has 1 fully saturated rings. The van der Waals surface area contributed by atoms with Gasteiger partial charge in [0.05, 0.1) is 15.6 Å². The first-order valence-electron chi connectivity index (χ1n) is 7.50. The number of aliphatic imine (C=N–C) groups is 1. The van der Waals surface area contributed by atoms with Crippen LogP contribution in [0, 0.1) is 6.92 Å². The number of amides is 1. The number of benzene rings is 2. The highest BCUT2D eigenvalue weighted by Gasteiger charge is 2.24. The van der Waals surface area contributed by atoms with Crippen molar-refractivity contribution in [2.75, 3.05) is 0 Å². The number of aromatic nitrogens is 1. The maximum absolute atomic E-state index is 12.2. The standard InChI is InChI=1S/C18H12ClN3O2S/c1-10-20-14-7-6-11(8-15(14)24-10)9-16-17(23)22-18(25-16)21-13-5-3-2-4-12(13)19/h2-9H,1H3,(H,21,22,23)/b16-9+. The number of para-hydroxylation sites is 1. The van der Waals surface area contributed by atoms with Gasteiger partial charge in [-0.25, -0.2) is 9.98 Å². The summed E-state index contributed by atoms with van der Waals surface area (Å²) in [5, 5.41) is 3.79. The summed E-state index contributed by atoms with van der Waals surface area (Å²) < 4.78 is 5.53. The van der Waals surface area contributed by atoms with Crippen LogP contribution in [0.3, 0.4) is 0 Å². The van der Waals surface area contributed by atoms with Gasteiger partial charge in [-0.1, -0.05) is 29.8 Å². The number of amidine groups is 1. The molecule has 0 unspecified atom stereocenters. The summed E-state index contributed by atoms with van der Waals surface area (Å²) in [5.74, 6) is 0.423. The van der Waals surface area contributed by atoms with Gasteiger partial charge >= 0.3 is 0 Å². The van der Waals surface area contributed by atoms with Crippen LogP contribution >= 0.6 is 23.4 Å². The smallest absolute Gasteiger partial charge is 0.264 e. The van der Waals surface area contributed by atoms with Crippen molar-refractivity contribution in [1.29, 1.82) is 0 Å². The molecule has 1 aliphatic heterocycles. The van der Waals surface area contributed by atoms with Gasteiger partial charge in [-0.2, -0.15) is 0 Å². The van der Waals surface area contributed by atoms with E-state index in [0.717, 1.165) is 11.1 Å². The molecule has 0 aliphatic carbocycles. The van der Waals surface area contributed by atoms with Crippen LogP contribution in [-0.2, 0) is 4.79 Å².